The van der Waals surface area contributed by atoms with E-state index >= 15 is 0 Å². The summed E-state index contributed by atoms with van der Waals surface area (Å²) < 4.78 is 112. The minimum Gasteiger partial charge on any atom is -0.336 e. The molecule has 0 radical (unpaired) electrons. The summed E-state index contributed by atoms with van der Waals surface area (Å²) >= 11 is 0. The maximum atomic E-state index is 12.5. The average molecular weight is 334 g/mol. The van der Waals surface area contributed by atoms with Crippen LogP contribution in [0.3, 0.4) is 0 Å². The lowest BCUT2D eigenvalue weighted by molar-refractivity contribution is -0.386. The molecule has 0 aliphatic heterocycles. The van der Waals surface area contributed by atoms with Gasteiger partial charge in [0.05, 0.1) is 0 Å². The summed E-state index contributed by atoms with van der Waals surface area (Å²) in [5.74, 6) is 0. The Morgan fingerprint density at radius 2 is 1.24 bits per heavy atom. The highest BCUT2D eigenvalue weighted by molar-refractivity contribution is 5.75. The van der Waals surface area contributed by atoms with Gasteiger partial charge in [0.25, 0.3) is 0 Å². The molecule has 0 aromatic rings. The van der Waals surface area contributed by atoms with Crippen LogP contribution >= 0.6 is 0 Å². The SMILES string of the molecule is CC[C@@H](C)NC(=O)NC(C(F)(F)F)(C(F)(F)F)C(F)(F)F. The van der Waals surface area contributed by atoms with Crippen LogP contribution in [0.2, 0.25) is 0 Å². The standard InChI is InChI=1S/C9H11F9N2O/c1-3-4(2)19-5(21)20-6(7(10,11)12,8(13,14)15)9(16,17)18/h4H,3H2,1-2H3,(H2,19,20,21)/t4-/m1/s1. The zero-order chi connectivity index (χ0) is 17.3. The first kappa shape index (κ1) is 19.6. The molecule has 0 saturated carbocycles. The van der Waals surface area contributed by atoms with Gasteiger partial charge in [-0.3, -0.25) is 0 Å². The van der Waals surface area contributed by atoms with Crippen molar-refractivity contribution in [2.75, 3.05) is 0 Å². The van der Waals surface area contributed by atoms with Gasteiger partial charge in [-0.1, -0.05) is 6.92 Å². The number of hydrogen-bond acceptors (Lipinski definition) is 1. The van der Waals surface area contributed by atoms with Crippen LogP contribution in [0.15, 0.2) is 0 Å². The van der Waals surface area contributed by atoms with Crippen molar-refractivity contribution in [1.29, 1.82) is 0 Å². The Labute approximate surface area is 112 Å². The second-order valence-corrected chi connectivity index (χ2v) is 4.15. The molecule has 2 N–H and O–H groups in total. The third-order valence-electron chi connectivity index (χ3n) is 2.57. The summed E-state index contributed by atoms with van der Waals surface area (Å²) in [4.78, 5) is 11.0. The van der Waals surface area contributed by atoms with E-state index in [2.05, 4.69) is 0 Å². The maximum absolute atomic E-state index is 12.5. The van der Waals surface area contributed by atoms with E-state index in [1.165, 1.54) is 13.8 Å². The Morgan fingerprint density at radius 3 is 1.48 bits per heavy atom. The van der Waals surface area contributed by atoms with Gasteiger partial charge in [-0.2, -0.15) is 39.5 Å². The minimum absolute atomic E-state index is 0.00944. The third-order valence-corrected chi connectivity index (χ3v) is 2.57. The van der Waals surface area contributed by atoms with Crippen LogP contribution in [0, 0.1) is 0 Å². The highest BCUT2D eigenvalue weighted by Crippen LogP contribution is 2.52. The molecule has 0 rings (SSSR count). The Bertz CT molecular complexity index is 335. The molecular formula is C9H11F9N2O. The van der Waals surface area contributed by atoms with Crippen molar-refractivity contribution in [3.63, 3.8) is 0 Å². The Hall–Kier alpha value is -1.36. The van der Waals surface area contributed by atoms with Crippen molar-refractivity contribution in [2.24, 2.45) is 0 Å². The topological polar surface area (TPSA) is 41.1 Å². The fourth-order valence-corrected chi connectivity index (χ4v) is 1.23. The number of nitrogens with one attached hydrogen (secondary N) is 2. The zero-order valence-corrected chi connectivity index (χ0v) is 10.6. The average Bonchev–Trinajstić information content (AvgIpc) is 2.20. The van der Waals surface area contributed by atoms with Gasteiger partial charge < -0.3 is 10.6 Å². The number of halogens is 9. The summed E-state index contributed by atoms with van der Waals surface area (Å²) in [5, 5.41) is 1.54. The first-order valence-electron chi connectivity index (χ1n) is 5.39. The molecule has 0 fully saturated rings. The molecule has 0 aliphatic rings. The number of amides is 2. The van der Waals surface area contributed by atoms with E-state index in [1.54, 1.807) is 5.32 Å². The Morgan fingerprint density at radius 1 is 0.905 bits per heavy atom. The van der Waals surface area contributed by atoms with Crippen LogP contribution in [0.25, 0.3) is 0 Å². The van der Waals surface area contributed by atoms with Crippen LogP contribution in [0.5, 0.6) is 0 Å². The van der Waals surface area contributed by atoms with Gasteiger partial charge in [-0.25, -0.2) is 4.79 Å². The second kappa shape index (κ2) is 5.79. The second-order valence-electron chi connectivity index (χ2n) is 4.15. The largest absolute Gasteiger partial charge is 0.429 e. The molecule has 0 unspecified atom stereocenters. The number of alkyl halides is 9. The van der Waals surface area contributed by atoms with Crippen molar-refractivity contribution in [1.82, 2.24) is 10.6 Å². The first-order chi connectivity index (χ1) is 9.10. The molecule has 0 bridgehead atoms. The smallest absolute Gasteiger partial charge is 0.336 e. The molecule has 1 atom stereocenters. The van der Waals surface area contributed by atoms with E-state index in [9.17, 15) is 44.3 Å². The van der Waals surface area contributed by atoms with Crippen molar-refractivity contribution in [3.8, 4) is 0 Å². The fraction of sp³-hybridized carbons (Fsp3) is 0.889. The van der Waals surface area contributed by atoms with Crippen molar-refractivity contribution < 1.29 is 44.3 Å². The van der Waals surface area contributed by atoms with Gasteiger partial charge in [0.1, 0.15) is 0 Å². The van der Waals surface area contributed by atoms with Crippen LogP contribution in [0.1, 0.15) is 20.3 Å². The Kier molecular flexibility index (Phi) is 5.42. The van der Waals surface area contributed by atoms with E-state index in [-0.39, 0.29) is 11.7 Å². The van der Waals surface area contributed by atoms with E-state index in [1.807, 2.05) is 0 Å². The number of hydrogen-bond donors (Lipinski definition) is 2. The maximum Gasteiger partial charge on any atom is 0.429 e. The number of carbonyl (C=O) groups excluding carboxylic acids is 1. The van der Waals surface area contributed by atoms with Gasteiger partial charge in [0.15, 0.2) is 0 Å². The van der Waals surface area contributed by atoms with Gasteiger partial charge in [-0.05, 0) is 13.3 Å². The normalized spacial score (nSPS) is 15.6. The Balaban J connectivity index is 5.79. The minimum atomic E-state index is -6.82. The van der Waals surface area contributed by atoms with Crippen LogP contribution < -0.4 is 10.6 Å². The van der Waals surface area contributed by atoms with E-state index < -0.39 is 36.1 Å². The third kappa shape index (κ3) is 3.84. The molecule has 0 heterocycles. The summed E-state index contributed by atoms with van der Waals surface area (Å²) in [6, 6.07) is -3.14. The molecule has 2 amide bonds. The molecule has 0 aromatic heterocycles. The molecule has 21 heavy (non-hydrogen) atoms. The van der Waals surface area contributed by atoms with Crippen molar-refractivity contribution in [3.05, 3.63) is 0 Å². The van der Waals surface area contributed by atoms with Gasteiger partial charge in [0.2, 0.25) is 0 Å². The van der Waals surface area contributed by atoms with E-state index in [0.717, 1.165) is 0 Å². The predicted octanol–water partition coefficient (Wildman–Crippen LogP) is 3.51. The van der Waals surface area contributed by atoms with Gasteiger partial charge in [-0.15, -0.1) is 0 Å². The lowest BCUT2D eigenvalue weighted by Gasteiger charge is -2.38. The number of carbonyl (C=O) groups is 1. The zero-order valence-electron chi connectivity index (χ0n) is 10.6. The molecule has 0 aliphatic carbocycles. The van der Waals surface area contributed by atoms with E-state index in [0.29, 0.717) is 0 Å². The summed E-state index contributed by atoms with van der Waals surface area (Å²) in [6.45, 7) is 2.60. The highest BCUT2D eigenvalue weighted by atomic mass is 19.4. The summed E-state index contributed by atoms with van der Waals surface area (Å²) in [5.41, 5.74) is -6.34. The summed E-state index contributed by atoms with van der Waals surface area (Å²) in [7, 11) is 0. The quantitative estimate of drug-likeness (QED) is 0.762. The molecule has 0 aromatic carbocycles. The molecular weight excluding hydrogens is 323 g/mol. The first-order valence-corrected chi connectivity index (χ1v) is 5.39. The predicted molar refractivity (Wildman–Crippen MR) is 52.3 cm³/mol. The molecule has 0 saturated heterocycles. The van der Waals surface area contributed by atoms with Crippen LogP contribution in [-0.2, 0) is 0 Å². The van der Waals surface area contributed by atoms with Gasteiger partial charge in [0, 0.05) is 6.04 Å². The monoisotopic (exact) mass is 334 g/mol. The van der Waals surface area contributed by atoms with E-state index in [4.69, 9.17) is 0 Å². The van der Waals surface area contributed by atoms with Crippen LogP contribution in [-0.4, -0.2) is 36.1 Å². The van der Waals surface area contributed by atoms with Crippen molar-refractivity contribution >= 4 is 6.03 Å². The summed E-state index contributed by atoms with van der Waals surface area (Å²) in [6.07, 6.45) is -20.4. The molecule has 0 spiro atoms. The molecule has 126 valence electrons. The van der Waals surface area contributed by atoms with Crippen molar-refractivity contribution in [2.45, 2.75) is 50.4 Å². The van der Waals surface area contributed by atoms with Crippen LogP contribution in [0.4, 0.5) is 44.3 Å². The number of urea groups is 1. The highest BCUT2D eigenvalue weighted by Gasteiger charge is 2.84. The van der Waals surface area contributed by atoms with Gasteiger partial charge >= 0.3 is 30.1 Å². The molecule has 3 nitrogen and oxygen atoms in total. The molecule has 12 heteroatoms. The fourth-order valence-electron chi connectivity index (χ4n) is 1.23. The lowest BCUT2D eigenvalue weighted by Crippen LogP contribution is -2.76. The number of rotatable bonds is 3. The lowest BCUT2D eigenvalue weighted by atomic mass is 9.97.